The fraction of sp³-hybridized carbons (Fsp3) is 0.174. The Hall–Kier alpha value is -2.77. The predicted octanol–water partition coefficient (Wildman–Crippen LogP) is 4.71. The van der Waals surface area contributed by atoms with Gasteiger partial charge in [-0.05, 0) is 35.3 Å². The zero-order chi connectivity index (χ0) is 21.1. The lowest BCUT2D eigenvalue weighted by Gasteiger charge is -2.16. The average Bonchev–Trinajstić information content (AvgIpc) is 3.35. The maximum Gasteiger partial charge on any atom is 0.326 e. The van der Waals surface area contributed by atoms with Gasteiger partial charge in [-0.15, -0.1) is 11.3 Å². The summed E-state index contributed by atoms with van der Waals surface area (Å²) in [6.45, 7) is 0. The Labute approximate surface area is 186 Å². The second-order valence-electron chi connectivity index (χ2n) is 7.08. The van der Waals surface area contributed by atoms with Crippen molar-refractivity contribution in [2.75, 3.05) is 0 Å². The molecular weight excluding hydrogens is 464 g/mol. The zero-order valence-corrected chi connectivity index (χ0v) is 18.4. The number of aromatic nitrogens is 1. The number of halogens is 1. The summed E-state index contributed by atoms with van der Waals surface area (Å²) in [6, 6.07) is 14.8. The Kier molecular flexibility index (Phi) is 6.11. The van der Waals surface area contributed by atoms with Crippen LogP contribution in [-0.4, -0.2) is 28.0 Å². The molecule has 1 atom stereocenters. The minimum Gasteiger partial charge on any atom is -0.480 e. The number of thiazole rings is 1. The number of allylic oxidation sites excluding steroid dienone is 1. The Morgan fingerprint density at radius 2 is 2.03 bits per heavy atom. The fourth-order valence-corrected chi connectivity index (χ4v) is 4.74. The molecule has 7 heteroatoms. The van der Waals surface area contributed by atoms with Crippen LogP contribution in [-0.2, 0) is 22.4 Å². The van der Waals surface area contributed by atoms with E-state index in [0.717, 1.165) is 32.6 Å². The number of carboxylic acids is 1. The summed E-state index contributed by atoms with van der Waals surface area (Å²) in [5, 5.41) is 14.9. The van der Waals surface area contributed by atoms with E-state index < -0.39 is 12.0 Å². The summed E-state index contributed by atoms with van der Waals surface area (Å²) in [5.74, 6) is -1.39. The van der Waals surface area contributed by atoms with Gasteiger partial charge in [-0.25, -0.2) is 9.78 Å². The molecule has 0 saturated heterocycles. The molecule has 2 aromatic carbocycles. The van der Waals surface area contributed by atoms with E-state index in [0.29, 0.717) is 5.69 Å². The summed E-state index contributed by atoms with van der Waals surface area (Å²) in [6.07, 6.45) is 3.14. The van der Waals surface area contributed by atoms with Crippen LogP contribution in [0.4, 0.5) is 0 Å². The van der Waals surface area contributed by atoms with E-state index in [1.165, 1.54) is 16.9 Å². The number of carboxylic acid groups (broad SMARTS) is 1. The molecule has 0 fully saturated rings. The van der Waals surface area contributed by atoms with Gasteiger partial charge >= 0.3 is 5.97 Å². The highest BCUT2D eigenvalue weighted by atomic mass is 79.9. The summed E-state index contributed by atoms with van der Waals surface area (Å²) >= 11 is 4.91. The first kappa shape index (κ1) is 20.5. The molecule has 0 aliphatic heterocycles. The van der Waals surface area contributed by atoms with Gasteiger partial charge in [0.05, 0.1) is 12.1 Å². The lowest BCUT2D eigenvalue weighted by molar-refractivity contribution is -0.141. The highest BCUT2D eigenvalue weighted by Crippen LogP contribution is 2.30. The minimum atomic E-state index is -1.04. The Bertz CT molecular complexity index is 1140. The highest BCUT2D eigenvalue weighted by Gasteiger charge is 2.25. The third-order valence-corrected chi connectivity index (χ3v) is 6.39. The predicted molar refractivity (Wildman–Crippen MR) is 121 cm³/mol. The number of fused-ring (bicyclic) bond motifs is 1. The lowest BCUT2D eigenvalue weighted by Crippen LogP contribution is -2.41. The number of hydrogen-bond donors (Lipinski definition) is 2. The van der Waals surface area contributed by atoms with Crippen LogP contribution in [0.3, 0.4) is 0 Å². The number of nitrogens with one attached hydrogen (secondary N) is 1. The van der Waals surface area contributed by atoms with Crippen LogP contribution >= 0.6 is 27.3 Å². The second kappa shape index (κ2) is 8.93. The van der Waals surface area contributed by atoms with Gasteiger partial charge in [0.25, 0.3) is 0 Å². The van der Waals surface area contributed by atoms with Crippen molar-refractivity contribution >= 4 is 44.7 Å². The van der Waals surface area contributed by atoms with E-state index in [-0.39, 0.29) is 18.7 Å². The van der Waals surface area contributed by atoms with Crippen molar-refractivity contribution in [3.8, 4) is 10.6 Å². The number of benzene rings is 2. The normalized spacial score (nSPS) is 13.4. The summed E-state index contributed by atoms with van der Waals surface area (Å²) in [5.41, 5.74) is 4.81. The molecule has 2 N–H and O–H groups in total. The van der Waals surface area contributed by atoms with E-state index in [9.17, 15) is 14.7 Å². The Morgan fingerprint density at radius 3 is 2.83 bits per heavy atom. The first-order valence-electron chi connectivity index (χ1n) is 9.49. The fourth-order valence-electron chi connectivity index (χ4n) is 3.52. The van der Waals surface area contributed by atoms with Crippen molar-refractivity contribution in [2.24, 2.45) is 0 Å². The van der Waals surface area contributed by atoms with Gasteiger partial charge in [0, 0.05) is 21.8 Å². The lowest BCUT2D eigenvalue weighted by atomic mass is 9.99. The molecule has 5 nitrogen and oxygen atoms in total. The number of rotatable bonds is 7. The van der Waals surface area contributed by atoms with Gasteiger partial charge in [0.1, 0.15) is 11.0 Å². The molecule has 0 spiro atoms. The van der Waals surface area contributed by atoms with Gasteiger partial charge in [-0.3, -0.25) is 4.79 Å². The van der Waals surface area contributed by atoms with Crippen LogP contribution in [0.1, 0.15) is 23.2 Å². The van der Waals surface area contributed by atoms with E-state index in [1.54, 1.807) is 0 Å². The number of hydrogen-bond acceptors (Lipinski definition) is 4. The van der Waals surface area contributed by atoms with E-state index in [4.69, 9.17) is 0 Å². The standard InChI is InChI=1S/C23H19BrN2O3S/c24-17-6-3-5-16(10-17)22-25-18(13-30-22)12-21(27)26-20(23(28)29)11-15-9-8-14-4-1-2-7-19(14)15/h1-7,9-10,13,20H,8,11-12H2,(H,26,27)(H,28,29)/t20-/m0/s1. The van der Waals surface area contributed by atoms with Crippen molar-refractivity contribution in [3.63, 3.8) is 0 Å². The molecule has 3 aromatic rings. The van der Waals surface area contributed by atoms with Crippen molar-refractivity contribution in [1.29, 1.82) is 0 Å². The topological polar surface area (TPSA) is 79.3 Å². The van der Waals surface area contributed by atoms with Crippen molar-refractivity contribution in [1.82, 2.24) is 10.3 Å². The van der Waals surface area contributed by atoms with Crippen LogP contribution in [0, 0.1) is 0 Å². The van der Waals surface area contributed by atoms with Crippen LogP contribution in [0.5, 0.6) is 0 Å². The largest absolute Gasteiger partial charge is 0.480 e. The van der Waals surface area contributed by atoms with Crippen molar-refractivity contribution < 1.29 is 14.7 Å². The molecule has 1 amide bonds. The molecule has 1 aromatic heterocycles. The molecule has 30 heavy (non-hydrogen) atoms. The van der Waals surface area contributed by atoms with Gasteiger partial charge in [0.2, 0.25) is 5.91 Å². The van der Waals surface area contributed by atoms with Gasteiger partial charge in [0.15, 0.2) is 0 Å². The Balaban J connectivity index is 1.40. The summed E-state index contributed by atoms with van der Waals surface area (Å²) in [4.78, 5) is 28.8. The monoisotopic (exact) mass is 482 g/mol. The first-order chi connectivity index (χ1) is 14.5. The molecule has 152 valence electrons. The minimum absolute atomic E-state index is 0.0456. The van der Waals surface area contributed by atoms with Crippen LogP contribution in [0.25, 0.3) is 16.1 Å². The van der Waals surface area contributed by atoms with E-state index in [1.807, 2.05) is 60.0 Å². The van der Waals surface area contributed by atoms with E-state index >= 15 is 0 Å². The van der Waals surface area contributed by atoms with E-state index in [2.05, 4.69) is 26.2 Å². The highest BCUT2D eigenvalue weighted by molar-refractivity contribution is 9.10. The van der Waals surface area contributed by atoms with Crippen LogP contribution < -0.4 is 5.32 Å². The van der Waals surface area contributed by atoms with Gasteiger partial charge in [-0.1, -0.05) is 58.4 Å². The number of nitrogens with zero attached hydrogens (tertiary/aromatic N) is 1. The molecule has 0 saturated carbocycles. The third kappa shape index (κ3) is 4.68. The SMILES string of the molecule is O=C(Cc1csc(-c2cccc(Br)c2)n1)N[C@@H](CC1=CCc2ccccc21)C(=O)O. The van der Waals surface area contributed by atoms with Crippen LogP contribution in [0.15, 0.2) is 64.5 Å². The molecule has 1 aliphatic carbocycles. The molecule has 0 bridgehead atoms. The second-order valence-corrected chi connectivity index (χ2v) is 8.86. The maximum absolute atomic E-state index is 12.5. The first-order valence-corrected chi connectivity index (χ1v) is 11.2. The van der Waals surface area contributed by atoms with Gasteiger partial charge < -0.3 is 10.4 Å². The summed E-state index contributed by atoms with van der Waals surface area (Å²) in [7, 11) is 0. The molecule has 1 heterocycles. The number of carbonyl (C=O) groups excluding carboxylic acids is 1. The third-order valence-electron chi connectivity index (χ3n) is 4.95. The quantitative estimate of drug-likeness (QED) is 0.510. The maximum atomic E-state index is 12.5. The van der Waals surface area contributed by atoms with Gasteiger partial charge in [-0.2, -0.15) is 0 Å². The summed E-state index contributed by atoms with van der Waals surface area (Å²) < 4.78 is 0.960. The zero-order valence-electron chi connectivity index (χ0n) is 16.0. The molecular formula is C23H19BrN2O3S. The Morgan fingerprint density at radius 1 is 1.20 bits per heavy atom. The molecule has 0 radical (unpaired) electrons. The number of carbonyl (C=O) groups is 2. The molecule has 0 unspecified atom stereocenters. The smallest absolute Gasteiger partial charge is 0.326 e. The number of amides is 1. The molecule has 4 rings (SSSR count). The average molecular weight is 483 g/mol. The molecule has 1 aliphatic rings. The van der Waals surface area contributed by atoms with Crippen molar-refractivity contribution in [2.45, 2.75) is 25.3 Å². The van der Waals surface area contributed by atoms with Crippen molar-refractivity contribution in [3.05, 3.63) is 81.3 Å². The van der Waals surface area contributed by atoms with Crippen LogP contribution in [0.2, 0.25) is 0 Å². The number of aliphatic carboxylic acids is 1.